The average Bonchev–Trinajstić information content (AvgIpc) is 2.79. The third-order valence-corrected chi connectivity index (χ3v) is 5.95. The van der Waals surface area contributed by atoms with Crippen LogP contribution in [0.3, 0.4) is 0 Å². The van der Waals surface area contributed by atoms with E-state index in [1.807, 2.05) is 25.1 Å². The van der Waals surface area contributed by atoms with Gasteiger partial charge >= 0.3 is 0 Å². The monoisotopic (exact) mass is 395 g/mol. The van der Waals surface area contributed by atoms with Crippen molar-refractivity contribution in [2.24, 2.45) is 0 Å². The Hall–Kier alpha value is -2.53. The topological polar surface area (TPSA) is 44.8 Å². The first-order chi connectivity index (χ1) is 14.1. The standard InChI is InChI=1S/C24H33N3O2/c1-4-20(21-9-6-5-7-10-21)18-25-24(28)19(2)26-13-15-27(16-14-26)22-11-8-12-23(17-22)29-3/h5-12,17,19-20H,4,13-16,18H2,1-3H3,(H,25,28)/t19-,20+/m0/s1. The van der Waals surface area contributed by atoms with E-state index < -0.39 is 0 Å². The minimum Gasteiger partial charge on any atom is -0.497 e. The first kappa shape index (κ1) is 21.2. The number of piperazine rings is 1. The van der Waals surface area contributed by atoms with Crippen LogP contribution in [0.15, 0.2) is 54.6 Å². The summed E-state index contributed by atoms with van der Waals surface area (Å²) >= 11 is 0. The molecule has 0 aliphatic carbocycles. The van der Waals surface area contributed by atoms with Gasteiger partial charge in [0.25, 0.3) is 0 Å². The highest BCUT2D eigenvalue weighted by molar-refractivity contribution is 5.81. The summed E-state index contributed by atoms with van der Waals surface area (Å²) in [6, 6.07) is 18.5. The Morgan fingerprint density at radius 2 is 1.79 bits per heavy atom. The summed E-state index contributed by atoms with van der Waals surface area (Å²) in [4.78, 5) is 17.4. The number of carbonyl (C=O) groups is 1. The van der Waals surface area contributed by atoms with E-state index in [0.29, 0.717) is 12.5 Å². The van der Waals surface area contributed by atoms with E-state index >= 15 is 0 Å². The van der Waals surface area contributed by atoms with E-state index in [9.17, 15) is 4.79 Å². The molecule has 3 rings (SSSR count). The van der Waals surface area contributed by atoms with Crippen LogP contribution in [0.5, 0.6) is 5.75 Å². The van der Waals surface area contributed by atoms with Gasteiger partial charge in [-0.1, -0.05) is 43.3 Å². The van der Waals surface area contributed by atoms with Gasteiger partial charge in [-0.15, -0.1) is 0 Å². The normalized spacial score (nSPS) is 16.9. The molecule has 1 fully saturated rings. The number of hydrogen-bond acceptors (Lipinski definition) is 4. The lowest BCUT2D eigenvalue weighted by Crippen LogP contribution is -2.54. The highest BCUT2D eigenvalue weighted by Crippen LogP contribution is 2.23. The lowest BCUT2D eigenvalue weighted by Gasteiger charge is -2.38. The highest BCUT2D eigenvalue weighted by Gasteiger charge is 2.26. The van der Waals surface area contributed by atoms with Crippen molar-refractivity contribution in [3.8, 4) is 5.75 Å². The molecule has 2 aromatic rings. The minimum absolute atomic E-state index is 0.115. The van der Waals surface area contributed by atoms with Gasteiger partial charge in [0.2, 0.25) is 5.91 Å². The maximum Gasteiger partial charge on any atom is 0.237 e. The Labute approximate surface area is 174 Å². The fourth-order valence-electron chi connectivity index (χ4n) is 3.94. The zero-order valence-electron chi connectivity index (χ0n) is 17.8. The van der Waals surface area contributed by atoms with Crippen LogP contribution < -0.4 is 15.0 Å². The second-order valence-corrected chi connectivity index (χ2v) is 7.66. The molecule has 2 atom stereocenters. The number of rotatable bonds is 8. The SMILES string of the molecule is CC[C@H](CNC(=O)[C@H](C)N1CCN(c2cccc(OC)c2)CC1)c1ccccc1. The molecule has 0 radical (unpaired) electrons. The molecule has 156 valence electrons. The van der Waals surface area contributed by atoms with Crippen LogP contribution in [-0.2, 0) is 4.79 Å². The Kier molecular flexibility index (Phi) is 7.53. The van der Waals surface area contributed by atoms with Crippen LogP contribution in [0.25, 0.3) is 0 Å². The minimum atomic E-state index is -0.115. The van der Waals surface area contributed by atoms with E-state index in [-0.39, 0.29) is 11.9 Å². The first-order valence-corrected chi connectivity index (χ1v) is 10.6. The number of carbonyl (C=O) groups excluding carboxylic acids is 1. The van der Waals surface area contributed by atoms with Crippen LogP contribution >= 0.6 is 0 Å². The van der Waals surface area contributed by atoms with E-state index in [1.165, 1.54) is 11.3 Å². The number of methoxy groups -OCH3 is 1. The van der Waals surface area contributed by atoms with Crippen molar-refractivity contribution >= 4 is 11.6 Å². The smallest absolute Gasteiger partial charge is 0.237 e. The van der Waals surface area contributed by atoms with E-state index in [0.717, 1.165) is 38.3 Å². The zero-order valence-corrected chi connectivity index (χ0v) is 17.8. The van der Waals surface area contributed by atoms with Crippen molar-refractivity contribution < 1.29 is 9.53 Å². The second kappa shape index (κ2) is 10.3. The number of amides is 1. The third-order valence-electron chi connectivity index (χ3n) is 5.95. The molecule has 5 heteroatoms. The Morgan fingerprint density at radius 1 is 1.07 bits per heavy atom. The zero-order chi connectivity index (χ0) is 20.6. The number of anilines is 1. The number of hydrogen-bond donors (Lipinski definition) is 1. The highest BCUT2D eigenvalue weighted by atomic mass is 16.5. The van der Waals surface area contributed by atoms with Gasteiger partial charge in [-0.25, -0.2) is 0 Å². The summed E-state index contributed by atoms with van der Waals surface area (Å²) in [6.07, 6.45) is 1.01. The molecular formula is C24H33N3O2. The molecule has 0 bridgehead atoms. The van der Waals surface area contributed by atoms with Crippen molar-refractivity contribution in [3.05, 3.63) is 60.2 Å². The van der Waals surface area contributed by atoms with E-state index in [2.05, 4.69) is 58.4 Å². The molecule has 1 aliphatic heterocycles. The molecule has 1 heterocycles. The molecule has 5 nitrogen and oxygen atoms in total. The molecule has 1 amide bonds. The largest absolute Gasteiger partial charge is 0.497 e. The van der Waals surface area contributed by atoms with Crippen LogP contribution in [0.4, 0.5) is 5.69 Å². The van der Waals surface area contributed by atoms with Gasteiger partial charge in [0.1, 0.15) is 5.75 Å². The lowest BCUT2D eigenvalue weighted by molar-refractivity contribution is -0.126. The van der Waals surface area contributed by atoms with Crippen LogP contribution in [-0.4, -0.2) is 56.7 Å². The molecule has 1 N–H and O–H groups in total. The third kappa shape index (κ3) is 5.51. The summed E-state index contributed by atoms with van der Waals surface area (Å²) in [7, 11) is 1.69. The summed E-state index contributed by atoms with van der Waals surface area (Å²) < 4.78 is 5.33. The summed E-state index contributed by atoms with van der Waals surface area (Å²) in [5.74, 6) is 1.35. The van der Waals surface area contributed by atoms with Gasteiger partial charge < -0.3 is 15.0 Å². The molecular weight excluding hydrogens is 362 g/mol. The molecule has 1 saturated heterocycles. The Balaban J connectivity index is 1.49. The predicted molar refractivity (Wildman–Crippen MR) is 119 cm³/mol. The molecule has 0 unspecified atom stereocenters. The average molecular weight is 396 g/mol. The fourth-order valence-corrected chi connectivity index (χ4v) is 3.94. The van der Waals surface area contributed by atoms with Gasteiger partial charge in [0.05, 0.1) is 13.2 Å². The fraction of sp³-hybridized carbons (Fsp3) is 0.458. The van der Waals surface area contributed by atoms with Crippen LogP contribution in [0.1, 0.15) is 31.7 Å². The van der Waals surface area contributed by atoms with Crippen molar-refractivity contribution in [1.82, 2.24) is 10.2 Å². The molecule has 0 spiro atoms. The number of nitrogens with one attached hydrogen (secondary N) is 1. The summed E-state index contributed by atoms with van der Waals surface area (Å²) in [5.41, 5.74) is 2.46. The molecule has 2 aromatic carbocycles. The van der Waals surface area contributed by atoms with E-state index in [4.69, 9.17) is 4.74 Å². The van der Waals surface area contributed by atoms with Gasteiger partial charge in [0, 0.05) is 50.4 Å². The maximum atomic E-state index is 12.7. The van der Waals surface area contributed by atoms with Crippen molar-refractivity contribution in [3.63, 3.8) is 0 Å². The Bertz CT molecular complexity index is 773. The van der Waals surface area contributed by atoms with E-state index in [1.54, 1.807) is 7.11 Å². The number of ether oxygens (including phenoxy) is 1. The molecule has 0 aromatic heterocycles. The van der Waals surface area contributed by atoms with Gasteiger partial charge in [-0.3, -0.25) is 9.69 Å². The summed E-state index contributed by atoms with van der Waals surface area (Å²) in [5, 5.41) is 3.18. The molecule has 29 heavy (non-hydrogen) atoms. The van der Waals surface area contributed by atoms with Gasteiger partial charge in [0.15, 0.2) is 0 Å². The molecule has 1 aliphatic rings. The lowest BCUT2D eigenvalue weighted by atomic mass is 9.96. The second-order valence-electron chi connectivity index (χ2n) is 7.66. The molecule has 0 saturated carbocycles. The van der Waals surface area contributed by atoms with Crippen LogP contribution in [0, 0.1) is 0 Å². The van der Waals surface area contributed by atoms with Crippen molar-refractivity contribution in [2.45, 2.75) is 32.2 Å². The van der Waals surface area contributed by atoms with Gasteiger partial charge in [-0.05, 0) is 31.0 Å². The Morgan fingerprint density at radius 3 is 2.45 bits per heavy atom. The predicted octanol–water partition coefficient (Wildman–Crippen LogP) is 3.52. The number of benzene rings is 2. The van der Waals surface area contributed by atoms with Crippen molar-refractivity contribution in [2.75, 3.05) is 44.7 Å². The first-order valence-electron chi connectivity index (χ1n) is 10.6. The number of nitrogens with zero attached hydrogens (tertiary/aromatic N) is 2. The van der Waals surface area contributed by atoms with Crippen molar-refractivity contribution in [1.29, 1.82) is 0 Å². The maximum absolute atomic E-state index is 12.7. The summed E-state index contributed by atoms with van der Waals surface area (Å²) in [6.45, 7) is 8.45. The van der Waals surface area contributed by atoms with Gasteiger partial charge in [-0.2, -0.15) is 0 Å². The quantitative estimate of drug-likeness (QED) is 0.743. The van der Waals surface area contributed by atoms with Crippen LogP contribution in [0.2, 0.25) is 0 Å².